The Bertz CT molecular complexity index is 2190. The summed E-state index contributed by atoms with van der Waals surface area (Å²) in [5.41, 5.74) is 4.91. The highest BCUT2D eigenvalue weighted by Gasteiger charge is 2.17. The standard InChI is InChI=1S/C39H25NS/c1-3-10-28-22-31(18-16-26(28)8-1)30-12-7-13-33(24-30)41-39-35-15-6-5-14-34(35)38(37-25-40-21-20-36(37)39)32-19-17-27-9-2-4-11-29(27)23-32/h1-25H. The third-order valence-corrected chi connectivity index (χ3v) is 9.08. The van der Waals surface area contributed by atoms with E-state index in [0.29, 0.717) is 0 Å². The molecule has 0 fully saturated rings. The summed E-state index contributed by atoms with van der Waals surface area (Å²) >= 11 is 1.84. The van der Waals surface area contributed by atoms with Crippen LogP contribution in [0.2, 0.25) is 0 Å². The molecule has 1 nitrogen and oxygen atoms in total. The van der Waals surface area contributed by atoms with E-state index in [1.54, 1.807) is 0 Å². The monoisotopic (exact) mass is 539 g/mol. The Morgan fingerprint density at radius 1 is 0.415 bits per heavy atom. The first kappa shape index (κ1) is 23.9. The van der Waals surface area contributed by atoms with Crippen molar-refractivity contribution in [1.29, 1.82) is 0 Å². The van der Waals surface area contributed by atoms with Gasteiger partial charge in [0.15, 0.2) is 0 Å². The zero-order valence-corrected chi connectivity index (χ0v) is 23.1. The lowest BCUT2D eigenvalue weighted by Gasteiger charge is -2.17. The van der Waals surface area contributed by atoms with Crippen LogP contribution < -0.4 is 0 Å². The van der Waals surface area contributed by atoms with Crippen LogP contribution in [0, 0.1) is 0 Å². The first-order valence-electron chi connectivity index (χ1n) is 13.9. The van der Waals surface area contributed by atoms with Gasteiger partial charge in [-0.2, -0.15) is 0 Å². The van der Waals surface area contributed by atoms with Gasteiger partial charge in [-0.25, -0.2) is 0 Å². The van der Waals surface area contributed by atoms with Crippen LogP contribution in [0.15, 0.2) is 162 Å². The molecule has 0 bridgehead atoms. The zero-order valence-electron chi connectivity index (χ0n) is 22.3. The highest BCUT2D eigenvalue weighted by Crippen LogP contribution is 2.45. The van der Waals surface area contributed by atoms with Crippen LogP contribution in [0.25, 0.3) is 65.3 Å². The average Bonchev–Trinajstić information content (AvgIpc) is 3.04. The molecule has 41 heavy (non-hydrogen) atoms. The van der Waals surface area contributed by atoms with Gasteiger partial charge in [0, 0.05) is 27.6 Å². The van der Waals surface area contributed by atoms with E-state index in [-0.39, 0.29) is 0 Å². The number of fused-ring (bicyclic) bond motifs is 4. The van der Waals surface area contributed by atoms with E-state index in [1.807, 2.05) is 24.2 Å². The molecule has 0 aliphatic rings. The molecule has 0 saturated carbocycles. The lowest BCUT2D eigenvalue weighted by atomic mass is 9.92. The fourth-order valence-corrected chi connectivity index (χ4v) is 7.12. The Hall–Kier alpha value is -4.92. The fourth-order valence-electron chi connectivity index (χ4n) is 5.97. The van der Waals surface area contributed by atoms with Crippen molar-refractivity contribution in [3.63, 3.8) is 0 Å². The minimum absolute atomic E-state index is 1.18. The molecule has 0 radical (unpaired) electrons. The SMILES string of the molecule is c1cc(Sc2c3ccccc3c(-c3ccc4ccccc4c3)c3cnccc23)cc(-c2ccc3ccccc3c2)c1. The second-order valence-electron chi connectivity index (χ2n) is 10.4. The molecule has 0 unspecified atom stereocenters. The molecular formula is C39H25NS. The van der Waals surface area contributed by atoms with Crippen LogP contribution in [-0.4, -0.2) is 4.98 Å². The third kappa shape index (κ3) is 4.25. The summed E-state index contributed by atoms with van der Waals surface area (Å²) in [6.07, 6.45) is 3.94. The van der Waals surface area contributed by atoms with Gasteiger partial charge < -0.3 is 0 Å². The van der Waals surface area contributed by atoms with E-state index in [4.69, 9.17) is 0 Å². The van der Waals surface area contributed by atoms with Gasteiger partial charge in [-0.3, -0.25) is 4.98 Å². The highest BCUT2D eigenvalue weighted by molar-refractivity contribution is 7.99. The minimum atomic E-state index is 1.18. The average molecular weight is 540 g/mol. The predicted molar refractivity (Wildman–Crippen MR) is 176 cm³/mol. The van der Waals surface area contributed by atoms with Crippen LogP contribution >= 0.6 is 11.8 Å². The molecule has 1 heterocycles. The van der Waals surface area contributed by atoms with Crippen molar-refractivity contribution < 1.29 is 0 Å². The van der Waals surface area contributed by atoms with Gasteiger partial charge in [-0.15, -0.1) is 0 Å². The summed E-state index contributed by atoms with van der Waals surface area (Å²) in [4.78, 5) is 7.07. The van der Waals surface area contributed by atoms with Crippen LogP contribution in [0.3, 0.4) is 0 Å². The second-order valence-corrected chi connectivity index (χ2v) is 11.5. The quantitative estimate of drug-likeness (QED) is 0.206. The second kappa shape index (κ2) is 9.92. The summed E-state index contributed by atoms with van der Waals surface area (Å²) < 4.78 is 0. The summed E-state index contributed by atoms with van der Waals surface area (Å²) in [5.74, 6) is 0. The van der Waals surface area contributed by atoms with Gasteiger partial charge >= 0.3 is 0 Å². The van der Waals surface area contributed by atoms with E-state index >= 15 is 0 Å². The predicted octanol–water partition coefficient (Wildman–Crippen LogP) is 11.2. The molecule has 0 saturated heterocycles. The van der Waals surface area contributed by atoms with E-state index in [0.717, 1.165) is 0 Å². The third-order valence-electron chi connectivity index (χ3n) is 7.95. The molecule has 2 heteroatoms. The number of pyridine rings is 1. The summed E-state index contributed by atoms with van der Waals surface area (Å²) in [7, 11) is 0. The van der Waals surface area contributed by atoms with Crippen LogP contribution in [0.4, 0.5) is 0 Å². The molecule has 1 aromatic heterocycles. The lowest BCUT2D eigenvalue weighted by Crippen LogP contribution is -1.90. The Labute approximate surface area is 243 Å². The van der Waals surface area contributed by atoms with Crippen molar-refractivity contribution in [3.8, 4) is 22.3 Å². The van der Waals surface area contributed by atoms with Crippen LogP contribution in [0.5, 0.6) is 0 Å². The number of rotatable bonds is 4. The Kier molecular flexibility index (Phi) is 5.79. The number of benzene rings is 7. The minimum Gasteiger partial charge on any atom is -0.264 e. The highest BCUT2D eigenvalue weighted by atomic mass is 32.2. The van der Waals surface area contributed by atoms with Crippen molar-refractivity contribution in [3.05, 3.63) is 152 Å². The first-order valence-corrected chi connectivity index (χ1v) is 14.7. The van der Waals surface area contributed by atoms with Crippen molar-refractivity contribution in [2.45, 2.75) is 9.79 Å². The molecule has 0 N–H and O–H groups in total. The molecule has 7 aromatic carbocycles. The summed E-state index contributed by atoms with van der Waals surface area (Å²) in [6.45, 7) is 0. The van der Waals surface area contributed by atoms with Crippen LogP contribution in [0.1, 0.15) is 0 Å². The summed E-state index contributed by atoms with van der Waals surface area (Å²) in [6, 6.07) is 50.5. The van der Waals surface area contributed by atoms with E-state index in [9.17, 15) is 0 Å². The van der Waals surface area contributed by atoms with E-state index < -0.39 is 0 Å². The Morgan fingerprint density at radius 3 is 1.80 bits per heavy atom. The fraction of sp³-hybridized carbons (Fsp3) is 0. The number of hydrogen-bond acceptors (Lipinski definition) is 2. The van der Waals surface area contributed by atoms with Crippen molar-refractivity contribution in [2.75, 3.05) is 0 Å². The molecule has 192 valence electrons. The van der Waals surface area contributed by atoms with Gasteiger partial charge in [-0.05, 0) is 90.3 Å². The van der Waals surface area contributed by atoms with E-state index in [1.165, 1.54) is 75.1 Å². The Morgan fingerprint density at radius 2 is 1.02 bits per heavy atom. The number of aromatic nitrogens is 1. The van der Waals surface area contributed by atoms with Gasteiger partial charge in [0.1, 0.15) is 0 Å². The maximum Gasteiger partial charge on any atom is 0.0353 e. The normalized spacial score (nSPS) is 11.5. The first-order chi connectivity index (χ1) is 20.3. The van der Waals surface area contributed by atoms with Crippen molar-refractivity contribution in [2.24, 2.45) is 0 Å². The molecule has 0 amide bonds. The number of hydrogen-bond donors (Lipinski definition) is 0. The van der Waals surface area contributed by atoms with Gasteiger partial charge in [0.2, 0.25) is 0 Å². The van der Waals surface area contributed by atoms with Gasteiger partial charge in [-0.1, -0.05) is 121 Å². The summed E-state index contributed by atoms with van der Waals surface area (Å²) in [5, 5.41) is 9.93. The maximum absolute atomic E-state index is 4.59. The van der Waals surface area contributed by atoms with Crippen molar-refractivity contribution >= 4 is 54.9 Å². The molecule has 0 spiro atoms. The topological polar surface area (TPSA) is 12.9 Å². The molecular weight excluding hydrogens is 515 g/mol. The van der Waals surface area contributed by atoms with Gasteiger partial charge in [0.05, 0.1) is 0 Å². The largest absolute Gasteiger partial charge is 0.264 e. The van der Waals surface area contributed by atoms with E-state index in [2.05, 4.69) is 145 Å². The maximum atomic E-state index is 4.59. The van der Waals surface area contributed by atoms with Crippen molar-refractivity contribution in [1.82, 2.24) is 4.98 Å². The smallest absolute Gasteiger partial charge is 0.0353 e. The molecule has 8 rings (SSSR count). The molecule has 8 aromatic rings. The number of nitrogens with zero attached hydrogens (tertiary/aromatic N) is 1. The molecule has 0 atom stereocenters. The molecule has 0 aliphatic carbocycles. The lowest BCUT2D eigenvalue weighted by molar-refractivity contribution is 1.36. The zero-order chi connectivity index (χ0) is 27.2. The van der Waals surface area contributed by atoms with Crippen LogP contribution in [-0.2, 0) is 0 Å². The molecule has 0 aliphatic heterocycles. The van der Waals surface area contributed by atoms with Gasteiger partial charge in [0.25, 0.3) is 0 Å². The Balaban J connectivity index is 1.29.